The third-order valence-corrected chi connectivity index (χ3v) is 4.41. The van der Waals surface area contributed by atoms with Crippen molar-refractivity contribution in [3.63, 3.8) is 0 Å². The molecule has 0 aliphatic heterocycles. The minimum Gasteiger partial charge on any atom is -0.481 e. The monoisotopic (exact) mass is 421 g/mol. The summed E-state index contributed by atoms with van der Waals surface area (Å²) in [5, 5.41) is 19.6. The number of halogens is 4. The van der Waals surface area contributed by atoms with Gasteiger partial charge in [-0.1, -0.05) is 11.6 Å². The van der Waals surface area contributed by atoms with Gasteiger partial charge in [-0.15, -0.1) is 11.8 Å². The van der Waals surface area contributed by atoms with Crippen LogP contribution in [-0.2, 0) is 16.7 Å². The molecule has 2 aromatic rings. The fraction of sp³-hybridized carbons (Fsp3) is 0.188. The van der Waals surface area contributed by atoms with Crippen LogP contribution in [0.5, 0.6) is 11.5 Å². The number of thioether (sulfide) groups is 1. The summed E-state index contributed by atoms with van der Waals surface area (Å²) < 4.78 is 44.7. The minimum atomic E-state index is -4.71. The Balaban J connectivity index is 2.34. The number of rotatable bonds is 7. The van der Waals surface area contributed by atoms with E-state index >= 15 is 0 Å². The Kier molecular flexibility index (Phi) is 6.55. The van der Waals surface area contributed by atoms with Crippen molar-refractivity contribution in [2.45, 2.75) is 11.9 Å². The summed E-state index contributed by atoms with van der Waals surface area (Å²) in [6.07, 6.45) is -4.71. The molecule has 0 aliphatic rings. The maximum Gasteiger partial charge on any atom is 0.420 e. The third kappa shape index (κ3) is 5.76. The van der Waals surface area contributed by atoms with Gasteiger partial charge in [0.15, 0.2) is 0 Å². The molecule has 2 aromatic carbocycles. The van der Waals surface area contributed by atoms with Crippen LogP contribution < -0.4 is 4.74 Å². The molecule has 0 fully saturated rings. The van der Waals surface area contributed by atoms with E-state index in [1.807, 2.05) is 0 Å². The fourth-order valence-electron chi connectivity index (χ4n) is 2.11. The van der Waals surface area contributed by atoms with Gasteiger partial charge in [-0.3, -0.25) is 14.9 Å². The Morgan fingerprint density at radius 2 is 1.96 bits per heavy atom. The molecule has 6 nitrogen and oxygen atoms in total. The molecule has 0 radical (unpaired) electrons. The standard InChI is InChI=1S/C16H11ClF3NO5S/c17-10-1-4-14(12(6-10)16(18,19)20)26-11-2-3-13(21(24)25)9(5-11)7-27-8-15(22)23/h1-6H,7-8H2,(H,22,23). The van der Waals surface area contributed by atoms with Crippen LogP contribution in [0.3, 0.4) is 0 Å². The number of ether oxygens (including phenoxy) is 1. The molecule has 0 heterocycles. The lowest BCUT2D eigenvalue weighted by Gasteiger charge is -2.14. The van der Waals surface area contributed by atoms with E-state index in [1.165, 1.54) is 12.1 Å². The number of carboxylic acids is 1. The summed E-state index contributed by atoms with van der Waals surface area (Å²) in [4.78, 5) is 21.0. The molecule has 0 saturated heterocycles. The van der Waals surface area contributed by atoms with Gasteiger partial charge < -0.3 is 9.84 Å². The Bertz CT molecular complexity index is 876. The van der Waals surface area contributed by atoms with Gasteiger partial charge >= 0.3 is 12.1 Å². The molecule has 0 unspecified atom stereocenters. The van der Waals surface area contributed by atoms with Gasteiger partial charge in [-0.2, -0.15) is 13.2 Å². The first kappa shape index (κ1) is 20.8. The molecule has 0 aliphatic carbocycles. The van der Waals surface area contributed by atoms with Crippen molar-refractivity contribution in [2.24, 2.45) is 0 Å². The van der Waals surface area contributed by atoms with Crippen molar-refractivity contribution in [1.82, 2.24) is 0 Å². The van der Waals surface area contributed by atoms with Crippen molar-refractivity contribution in [2.75, 3.05) is 5.75 Å². The fourth-order valence-corrected chi connectivity index (χ4v) is 3.01. The second kappa shape index (κ2) is 8.49. The van der Waals surface area contributed by atoms with Crippen LogP contribution >= 0.6 is 23.4 Å². The van der Waals surface area contributed by atoms with Gasteiger partial charge in [0.2, 0.25) is 0 Å². The zero-order chi connectivity index (χ0) is 20.2. The molecular formula is C16H11ClF3NO5S. The van der Waals surface area contributed by atoms with E-state index in [4.69, 9.17) is 21.4 Å². The lowest BCUT2D eigenvalue weighted by atomic mass is 10.1. The van der Waals surface area contributed by atoms with Crippen LogP contribution in [0.1, 0.15) is 11.1 Å². The number of nitro groups is 1. The number of alkyl halides is 3. The van der Waals surface area contributed by atoms with E-state index in [9.17, 15) is 28.1 Å². The molecule has 0 saturated carbocycles. The third-order valence-electron chi connectivity index (χ3n) is 3.21. The van der Waals surface area contributed by atoms with Crippen LogP contribution in [0.4, 0.5) is 18.9 Å². The largest absolute Gasteiger partial charge is 0.481 e. The predicted molar refractivity (Wildman–Crippen MR) is 93.4 cm³/mol. The molecule has 11 heteroatoms. The molecule has 0 aromatic heterocycles. The van der Waals surface area contributed by atoms with E-state index in [0.717, 1.165) is 30.0 Å². The first-order valence-corrected chi connectivity index (χ1v) is 8.72. The summed E-state index contributed by atoms with van der Waals surface area (Å²) in [5.74, 6) is -1.96. The summed E-state index contributed by atoms with van der Waals surface area (Å²) in [6.45, 7) is 0. The maximum atomic E-state index is 13.1. The number of aliphatic carboxylic acids is 1. The van der Waals surface area contributed by atoms with Crippen LogP contribution in [0, 0.1) is 10.1 Å². The molecule has 144 valence electrons. The summed E-state index contributed by atoms with van der Waals surface area (Å²) in [7, 11) is 0. The quantitative estimate of drug-likeness (QED) is 0.477. The zero-order valence-corrected chi connectivity index (χ0v) is 14.9. The number of nitro benzene ring substituents is 1. The average Bonchev–Trinajstić information content (AvgIpc) is 2.55. The van der Waals surface area contributed by atoms with Gasteiger partial charge in [-0.25, -0.2) is 0 Å². The minimum absolute atomic E-state index is 0.0213. The second-order valence-electron chi connectivity index (χ2n) is 5.17. The summed E-state index contributed by atoms with van der Waals surface area (Å²) in [6, 6.07) is 6.45. The van der Waals surface area contributed by atoms with E-state index in [-0.39, 0.29) is 33.5 Å². The average molecular weight is 422 g/mol. The van der Waals surface area contributed by atoms with Crippen molar-refractivity contribution < 1.29 is 32.7 Å². The molecular weight excluding hydrogens is 411 g/mol. The van der Waals surface area contributed by atoms with E-state index in [2.05, 4.69) is 0 Å². The number of carbonyl (C=O) groups is 1. The summed E-state index contributed by atoms with van der Waals surface area (Å²) >= 11 is 6.52. The highest BCUT2D eigenvalue weighted by molar-refractivity contribution is 7.99. The van der Waals surface area contributed by atoms with Crippen LogP contribution in [0.2, 0.25) is 5.02 Å². The molecule has 0 bridgehead atoms. The molecule has 1 N–H and O–H groups in total. The van der Waals surface area contributed by atoms with Crippen molar-refractivity contribution in [1.29, 1.82) is 0 Å². The molecule has 2 rings (SSSR count). The number of carboxylic acid groups (broad SMARTS) is 1. The Hall–Kier alpha value is -2.46. The number of hydrogen-bond acceptors (Lipinski definition) is 5. The lowest BCUT2D eigenvalue weighted by Crippen LogP contribution is -2.07. The van der Waals surface area contributed by atoms with E-state index in [1.54, 1.807) is 0 Å². The van der Waals surface area contributed by atoms with Crippen LogP contribution in [-0.4, -0.2) is 21.8 Å². The molecule has 27 heavy (non-hydrogen) atoms. The topological polar surface area (TPSA) is 89.7 Å². The molecule has 0 atom stereocenters. The normalized spacial score (nSPS) is 11.3. The highest BCUT2D eigenvalue weighted by atomic mass is 35.5. The van der Waals surface area contributed by atoms with Crippen molar-refractivity contribution >= 4 is 35.0 Å². The first-order valence-electron chi connectivity index (χ1n) is 7.19. The molecule has 0 amide bonds. The van der Waals surface area contributed by atoms with Crippen molar-refractivity contribution in [3.05, 3.63) is 62.7 Å². The number of benzene rings is 2. The predicted octanol–water partition coefficient (Wildman–Crippen LogP) is 5.38. The van der Waals surface area contributed by atoms with Gasteiger partial charge in [0.25, 0.3) is 5.69 Å². The number of nitrogens with zero attached hydrogens (tertiary/aromatic N) is 1. The highest BCUT2D eigenvalue weighted by Crippen LogP contribution is 2.40. The van der Waals surface area contributed by atoms with Gasteiger partial charge in [-0.05, 0) is 30.3 Å². The first-order chi connectivity index (χ1) is 12.6. The maximum absolute atomic E-state index is 13.1. The smallest absolute Gasteiger partial charge is 0.420 e. The summed E-state index contributed by atoms with van der Waals surface area (Å²) in [5.41, 5.74) is -1.24. The zero-order valence-electron chi connectivity index (χ0n) is 13.3. The lowest BCUT2D eigenvalue weighted by molar-refractivity contribution is -0.385. The van der Waals surface area contributed by atoms with Gasteiger partial charge in [0, 0.05) is 22.4 Å². The molecule has 0 spiro atoms. The van der Waals surface area contributed by atoms with Gasteiger partial charge in [0.1, 0.15) is 11.5 Å². The van der Waals surface area contributed by atoms with E-state index in [0.29, 0.717) is 6.07 Å². The van der Waals surface area contributed by atoms with Gasteiger partial charge in [0.05, 0.1) is 16.2 Å². The Morgan fingerprint density at radius 1 is 1.26 bits per heavy atom. The number of hydrogen-bond donors (Lipinski definition) is 1. The SMILES string of the molecule is O=C(O)CSCc1cc(Oc2ccc(Cl)cc2C(F)(F)F)ccc1[N+](=O)[O-]. The Morgan fingerprint density at radius 3 is 2.56 bits per heavy atom. The van der Waals surface area contributed by atoms with Crippen LogP contribution in [0.15, 0.2) is 36.4 Å². The Labute approximate surface area is 160 Å². The van der Waals surface area contributed by atoms with Crippen molar-refractivity contribution in [3.8, 4) is 11.5 Å². The second-order valence-corrected chi connectivity index (χ2v) is 6.60. The van der Waals surface area contributed by atoms with Crippen LogP contribution in [0.25, 0.3) is 0 Å². The highest BCUT2D eigenvalue weighted by Gasteiger charge is 2.35. The van der Waals surface area contributed by atoms with E-state index < -0.39 is 28.4 Å².